The molecule has 20 heavy (non-hydrogen) atoms. The molecule has 0 atom stereocenters. The zero-order chi connectivity index (χ0) is 15.1. The summed E-state index contributed by atoms with van der Waals surface area (Å²) in [5.74, 6) is 5.57. The van der Waals surface area contributed by atoms with Crippen molar-refractivity contribution in [1.29, 1.82) is 0 Å². The van der Waals surface area contributed by atoms with Crippen LogP contribution in [0.2, 0.25) is 5.02 Å². The number of nitrogens with zero attached hydrogens (tertiary/aromatic N) is 1. The number of hydrogen-bond acceptors (Lipinski definition) is 4. The third-order valence-corrected chi connectivity index (χ3v) is 3.21. The number of ether oxygens (including phenoxy) is 1. The van der Waals surface area contributed by atoms with Gasteiger partial charge in [-0.15, -0.1) is 0 Å². The van der Waals surface area contributed by atoms with Gasteiger partial charge in [-0.05, 0) is 13.0 Å². The SMILES string of the molecule is COc1cc2nc(C(F)(F)F)c(C)c(NN)c2cc1Cl. The Balaban J connectivity index is 2.88. The van der Waals surface area contributed by atoms with Crippen molar-refractivity contribution in [2.75, 3.05) is 12.5 Å². The van der Waals surface area contributed by atoms with E-state index in [0.717, 1.165) is 0 Å². The molecule has 0 saturated heterocycles. The third-order valence-electron chi connectivity index (χ3n) is 2.91. The van der Waals surface area contributed by atoms with Gasteiger partial charge in [-0.25, -0.2) is 4.98 Å². The monoisotopic (exact) mass is 305 g/mol. The molecular formula is C12H11ClF3N3O. The van der Waals surface area contributed by atoms with Crippen LogP contribution in [-0.2, 0) is 6.18 Å². The quantitative estimate of drug-likeness (QED) is 0.658. The maximum absolute atomic E-state index is 13.0. The Morgan fingerprint density at radius 2 is 2.00 bits per heavy atom. The van der Waals surface area contributed by atoms with E-state index in [0.29, 0.717) is 5.39 Å². The number of aromatic nitrogens is 1. The normalized spacial score (nSPS) is 11.8. The second kappa shape index (κ2) is 4.99. The Bertz CT molecular complexity index is 673. The van der Waals surface area contributed by atoms with Gasteiger partial charge in [0.05, 0.1) is 23.3 Å². The average Bonchev–Trinajstić information content (AvgIpc) is 2.36. The lowest BCUT2D eigenvalue weighted by Gasteiger charge is -2.16. The van der Waals surface area contributed by atoms with E-state index in [4.69, 9.17) is 22.2 Å². The first-order valence-corrected chi connectivity index (χ1v) is 5.89. The number of nitrogens with one attached hydrogen (secondary N) is 1. The molecule has 0 aliphatic carbocycles. The lowest BCUT2D eigenvalue weighted by Crippen LogP contribution is -2.16. The summed E-state index contributed by atoms with van der Waals surface area (Å²) in [5.41, 5.74) is 1.41. The van der Waals surface area contributed by atoms with Gasteiger partial charge >= 0.3 is 6.18 Å². The second-order valence-corrected chi connectivity index (χ2v) is 4.51. The molecule has 1 aromatic carbocycles. The van der Waals surface area contributed by atoms with Crippen LogP contribution in [0.1, 0.15) is 11.3 Å². The van der Waals surface area contributed by atoms with Crippen molar-refractivity contribution >= 4 is 28.2 Å². The standard InChI is InChI=1S/C12H11ClF3N3O/c1-5-10(19-17)6-3-7(13)9(20-2)4-8(6)18-11(5)12(14,15)16/h3-4H,17H2,1-2H3,(H,18,19). The van der Waals surface area contributed by atoms with Gasteiger partial charge in [0.25, 0.3) is 0 Å². The molecule has 0 aliphatic heterocycles. The Hall–Kier alpha value is -1.73. The average molecular weight is 306 g/mol. The summed E-state index contributed by atoms with van der Waals surface area (Å²) in [7, 11) is 1.37. The molecule has 0 bridgehead atoms. The second-order valence-electron chi connectivity index (χ2n) is 4.11. The minimum Gasteiger partial charge on any atom is -0.495 e. The minimum atomic E-state index is -4.57. The number of nitrogens with two attached hydrogens (primary N) is 1. The van der Waals surface area contributed by atoms with Crippen molar-refractivity contribution in [3.05, 3.63) is 28.4 Å². The van der Waals surface area contributed by atoms with E-state index in [-0.39, 0.29) is 27.5 Å². The van der Waals surface area contributed by atoms with Gasteiger partial charge < -0.3 is 10.2 Å². The molecule has 3 N–H and O–H groups in total. The van der Waals surface area contributed by atoms with Crippen LogP contribution in [0.25, 0.3) is 10.9 Å². The number of halogens is 4. The van der Waals surface area contributed by atoms with Crippen molar-refractivity contribution in [3.8, 4) is 5.75 Å². The van der Waals surface area contributed by atoms with Crippen molar-refractivity contribution in [1.82, 2.24) is 4.98 Å². The van der Waals surface area contributed by atoms with E-state index in [1.54, 1.807) is 0 Å². The highest BCUT2D eigenvalue weighted by atomic mass is 35.5. The number of alkyl halides is 3. The van der Waals surface area contributed by atoms with Gasteiger partial charge in [-0.3, -0.25) is 5.84 Å². The number of nitrogen functional groups attached to an aromatic ring is 1. The predicted molar refractivity (Wildman–Crippen MR) is 70.9 cm³/mol. The van der Waals surface area contributed by atoms with E-state index < -0.39 is 11.9 Å². The van der Waals surface area contributed by atoms with Gasteiger partial charge in [-0.2, -0.15) is 13.2 Å². The van der Waals surface area contributed by atoms with E-state index in [1.807, 2.05) is 0 Å². The van der Waals surface area contributed by atoms with E-state index in [9.17, 15) is 13.2 Å². The fraction of sp³-hybridized carbons (Fsp3) is 0.250. The molecule has 108 valence electrons. The van der Waals surface area contributed by atoms with E-state index in [1.165, 1.54) is 26.2 Å². The molecule has 2 aromatic rings. The largest absolute Gasteiger partial charge is 0.495 e. The van der Waals surface area contributed by atoms with Crippen LogP contribution in [0.5, 0.6) is 5.75 Å². The van der Waals surface area contributed by atoms with E-state index >= 15 is 0 Å². The van der Waals surface area contributed by atoms with Crippen molar-refractivity contribution in [2.24, 2.45) is 5.84 Å². The smallest absolute Gasteiger partial charge is 0.433 e. The Kier molecular flexibility index (Phi) is 3.66. The molecule has 0 aliphatic rings. The first-order chi connectivity index (χ1) is 9.29. The molecule has 2 rings (SSSR count). The van der Waals surface area contributed by atoms with Crippen LogP contribution >= 0.6 is 11.6 Å². The zero-order valence-corrected chi connectivity index (χ0v) is 11.4. The molecule has 4 nitrogen and oxygen atoms in total. The summed E-state index contributed by atoms with van der Waals surface area (Å²) in [6, 6.07) is 2.80. The lowest BCUT2D eigenvalue weighted by molar-refractivity contribution is -0.141. The highest BCUT2D eigenvalue weighted by Gasteiger charge is 2.36. The summed E-state index contributed by atoms with van der Waals surface area (Å²) >= 11 is 5.97. The van der Waals surface area contributed by atoms with Crippen LogP contribution in [0, 0.1) is 6.92 Å². The predicted octanol–water partition coefficient (Wildman–Crippen LogP) is 3.51. The van der Waals surface area contributed by atoms with Crippen molar-refractivity contribution < 1.29 is 17.9 Å². The van der Waals surface area contributed by atoms with Crippen LogP contribution in [0.15, 0.2) is 12.1 Å². The summed E-state index contributed by atoms with van der Waals surface area (Å²) in [5, 5.41) is 0.654. The molecule has 1 aromatic heterocycles. The molecule has 0 saturated carbocycles. The van der Waals surface area contributed by atoms with Gasteiger partial charge in [-0.1, -0.05) is 11.6 Å². The van der Waals surface area contributed by atoms with Gasteiger partial charge in [0, 0.05) is 17.0 Å². The summed E-state index contributed by atoms with van der Waals surface area (Å²) in [6.45, 7) is 1.29. The number of pyridine rings is 1. The molecule has 1 heterocycles. The number of rotatable bonds is 2. The third kappa shape index (κ3) is 2.34. The number of methoxy groups -OCH3 is 1. The summed E-state index contributed by atoms with van der Waals surface area (Å²) in [4.78, 5) is 3.65. The van der Waals surface area contributed by atoms with Gasteiger partial charge in [0.2, 0.25) is 0 Å². The maximum Gasteiger partial charge on any atom is 0.433 e. The molecule has 0 spiro atoms. The Morgan fingerprint density at radius 3 is 2.50 bits per heavy atom. The van der Waals surface area contributed by atoms with Crippen molar-refractivity contribution in [3.63, 3.8) is 0 Å². The minimum absolute atomic E-state index is 0.0891. The number of hydrogen-bond donors (Lipinski definition) is 2. The fourth-order valence-electron chi connectivity index (χ4n) is 1.98. The number of anilines is 1. The number of hydrazine groups is 1. The molecule has 0 fully saturated rings. The maximum atomic E-state index is 13.0. The molecule has 0 radical (unpaired) electrons. The lowest BCUT2D eigenvalue weighted by atomic mass is 10.1. The zero-order valence-electron chi connectivity index (χ0n) is 10.6. The van der Waals surface area contributed by atoms with Gasteiger partial charge in [0.1, 0.15) is 11.4 Å². The first-order valence-electron chi connectivity index (χ1n) is 5.51. The Labute approximate surface area is 117 Å². The fourth-order valence-corrected chi connectivity index (χ4v) is 2.22. The summed E-state index contributed by atoms with van der Waals surface area (Å²) < 4.78 is 43.9. The van der Waals surface area contributed by atoms with Crippen LogP contribution in [0.3, 0.4) is 0 Å². The first kappa shape index (κ1) is 14.7. The topological polar surface area (TPSA) is 60.2 Å². The molecule has 8 heteroatoms. The molecular weight excluding hydrogens is 295 g/mol. The van der Waals surface area contributed by atoms with Crippen LogP contribution in [0.4, 0.5) is 18.9 Å². The molecule has 0 amide bonds. The van der Waals surface area contributed by atoms with Gasteiger partial charge in [0.15, 0.2) is 0 Å². The van der Waals surface area contributed by atoms with Crippen LogP contribution in [-0.4, -0.2) is 12.1 Å². The highest BCUT2D eigenvalue weighted by molar-refractivity contribution is 6.33. The molecule has 0 unspecified atom stereocenters. The van der Waals surface area contributed by atoms with Crippen molar-refractivity contribution in [2.45, 2.75) is 13.1 Å². The Morgan fingerprint density at radius 1 is 1.35 bits per heavy atom. The van der Waals surface area contributed by atoms with Crippen LogP contribution < -0.4 is 16.0 Å². The number of benzene rings is 1. The number of fused-ring (bicyclic) bond motifs is 1. The highest BCUT2D eigenvalue weighted by Crippen LogP contribution is 2.39. The van der Waals surface area contributed by atoms with E-state index in [2.05, 4.69) is 10.4 Å². The summed E-state index contributed by atoms with van der Waals surface area (Å²) in [6.07, 6.45) is -4.57.